The molecule has 188 valence electrons. The van der Waals surface area contributed by atoms with Crippen LogP contribution in [0.2, 0.25) is 0 Å². The van der Waals surface area contributed by atoms with Gasteiger partial charge in [0.2, 0.25) is 16.0 Å². The van der Waals surface area contributed by atoms with E-state index in [1.807, 2.05) is 6.07 Å². The first-order chi connectivity index (χ1) is 17.2. The van der Waals surface area contributed by atoms with E-state index in [2.05, 4.69) is 21.3 Å². The minimum atomic E-state index is -3.99. The van der Waals surface area contributed by atoms with Gasteiger partial charge in [0, 0.05) is 26.3 Å². The first-order valence-corrected chi connectivity index (χ1v) is 12.8. The molecule has 0 radical (unpaired) electrons. The fourth-order valence-corrected chi connectivity index (χ4v) is 5.43. The van der Waals surface area contributed by atoms with Crippen LogP contribution in [0.1, 0.15) is 18.4 Å². The van der Waals surface area contributed by atoms with Gasteiger partial charge in [-0.3, -0.25) is 9.79 Å². The minimum Gasteiger partial charge on any atom is -0.383 e. The third-order valence-corrected chi connectivity index (χ3v) is 7.46. The summed E-state index contributed by atoms with van der Waals surface area (Å²) in [5, 5.41) is 0.307. The van der Waals surface area contributed by atoms with Crippen molar-refractivity contribution in [1.29, 1.82) is 0 Å². The average molecular weight is 509 g/mol. The molecule has 1 aliphatic heterocycles. The smallest absolute Gasteiger partial charge is 0.267 e. The number of nitrogens with two attached hydrogens (primary N) is 2. The summed E-state index contributed by atoms with van der Waals surface area (Å²) in [5.74, 6) is -0.0953. The van der Waals surface area contributed by atoms with Crippen LogP contribution in [0.3, 0.4) is 0 Å². The Morgan fingerprint density at radius 3 is 2.58 bits per heavy atom. The summed E-state index contributed by atoms with van der Waals surface area (Å²) in [6.45, 7) is 4.98. The number of nitrogen functional groups attached to an aromatic ring is 1. The van der Waals surface area contributed by atoms with Crippen molar-refractivity contribution in [2.75, 3.05) is 26.0 Å². The van der Waals surface area contributed by atoms with Crippen molar-refractivity contribution in [2.24, 2.45) is 10.7 Å². The second-order valence-electron chi connectivity index (χ2n) is 8.33. The molecule has 0 spiro atoms. The van der Waals surface area contributed by atoms with Crippen LogP contribution in [-0.2, 0) is 14.8 Å². The highest BCUT2D eigenvalue weighted by Gasteiger charge is 2.26. The zero-order valence-corrected chi connectivity index (χ0v) is 20.7. The van der Waals surface area contributed by atoms with E-state index in [1.54, 1.807) is 42.5 Å². The fourth-order valence-electron chi connectivity index (χ4n) is 3.97. The summed E-state index contributed by atoms with van der Waals surface area (Å²) in [4.78, 5) is 21.4. The summed E-state index contributed by atoms with van der Waals surface area (Å²) < 4.78 is 35.6. The summed E-state index contributed by atoms with van der Waals surface area (Å²) >= 11 is 0. The molecule has 10 nitrogen and oxygen atoms in total. The maximum atomic E-state index is 13.3. The van der Waals surface area contributed by atoms with Crippen LogP contribution < -0.4 is 21.7 Å². The van der Waals surface area contributed by atoms with Gasteiger partial charge < -0.3 is 16.2 Å². The number of aliphatic imine (C=N–C) groups is 1. The van der Waals surface area contributed by atoms with Crippen molar-refractivity contribution in [3.05, 3.63) is 82.0 Å². The normalized spacial score (nSPS) is 15.8. The molecule has 0 bridgehead atoms. The van der Waals surface area contributed by atoms with Crippen LogP contribution in [0.4, 0.5) is 5.95 Å². The molecule has 1 aromatic heterocycles. The molecule has 0 aliphatic carbocycles. The van der Waals surface area contributed by atoms with Crippen molar-refractivity contribution in [3.8, 4) is 5.69 Å². The number of nitrogens with zero attached hydrogens (tertiary/aromatic N) is 3. The maximum absolute atomic E-state index is 13.3. The molecule has 2 heterocycles. The number of benzene rings is 2. The minimum absolute atomic E-state index is 0.0599. The second kappa shape index (κ2) is 10.4. The number of aromatic nitrogens is 2. The van der Waals surface area contributed by atoms with Crippen molar-refractivity contribution in [3.63, 3.8) is 0 Å². The van der Waals surface area contributed by atoms with Gasteiger partial charge in [-0.25, -0.2) is 22.7 Å². The fraction of sp³-hybridized carbons (Fsp3) is 0.240. The lowest BCUT2D eigenvalue weighted by molar-refractivity contribution is 0.0833. The van der Waals surface area contributed by atoms with Gasteiger partial charge in [-0.2, -0.15) is 0 Å². The second-order valence-corrected chi connectivity index (χ2v) is 10.0. The Balaban J connectivity index is 1.75. The molecule has 0 atom stereocenters. The van der Waals surface area contributed by atoms with E-state index in [9.17, 15) is 13.2 Å². The summed E-state index contributed by atoms with van der Waals surface area (Å²) in [7, 11) is -2.58. The molecule has 5 N–H and O–H groups in total. The number of fused-ring (bicyclic) bond motifs is 1. The highest BCUT2D eigenvalue weighted by atomic mass is 32.2. The van der Waals surface area contributed by atoms with Crippen LogP contribution in [0.25, 0.3) is 22.2 Å². The van der Waals surface area contributed by atoms with E-state index in [0.29, 0.717) is 53.8 Å². The number of allylic oxidation sites excluding steroid dienone is 2. The Labute approximate surface area is 209 Å². The number of hydrogen-bond donors (Lipinski definition) is 3. The van der Waals surface area contributed by atoms with Crippen LogP contribution in [-0.4, -0.2) is 50.1 Å². The molecular formula is C25H28N6O4S. The van der Waals surface area contributed by atoms with Crippen molar-refractivity contribution < 1.29 is 13.2 Å². The predicted octanol–water partition coefficient (Wildman–Crippen LogP) is 1.95. The van der Waals surface area contributed by atoms with Crippen LogP contribution in [0.15, 0.2) is 75.9 Å². The van der Waals surface area contributed by atoms with Crippen LogP contribution in [0.5, 0.6) is 0 Å². The zero-order chi connectivity index (χ0) is 25.9. The van der Waals surface area contributed by atoms with Crippen molar-refractivity contribution >= 4 is 38.3 Å². The van der Waals surface area contributed by atoms with E-state index in [-0.39, 0.29) is 28.3 Å². The number of nitrogens with one attached hydrogen (secondary N) is 1. The van der Waals surface area contributed by atoms with Crippen LogP contribution >= 0.6 is 0 Å². The third kappa shape index (κ3) is 5.23. The Morgan fingerprint density at radius 2 is 1.92 bits per heavy atom. The summed E-state index contributed by atoms with van der Waals surface area (Å²) in [6.07, 6.45) is 2.47. The molecule has 0 amide bonds. The first kappa shape index (κ1) is 25.3. The zero-order valence-electron chi connectivity index (χ0n) is 19.8. The van der Waals surface area contributed by atoms with E-state index in [0.717, 1.165) is 0 Å². The largest absolute Gasteiger partial charge is 0.383 e. The SMILES string of the molecule is C=C(/C=C(\C(N)=NC)S(=O)(=O)NC1CCOCC1)c1ccc2nc(N)n(-c3ccccc3)c(=O)c2c1. The van der Waals surface area contributed by atoms with E-state index < -0.39 is 10.0 Å². The predicted molar refractivity (Wildman–Crippen MR) is 142 cm³/mol. The molecule has 1 saturated heterocycles. The quantitative estimate of drug-likeness (QED) is 0.250. The van der Waals surface area contributed by atoms with Gasteiger partial charge in [0.05, 0.1) is 16.6 Å². The lowest BCUT2D eigenvalue weighted by Crippen LogP contribution is -2.41. The molecule has 4 rings (SSSR count). The van der Waals surface area contributed by atoms with Crippen molar-refractivity contribution in [2.45, 2.75) is 18.9 Å². The Bertz CT molecular complexity index is 1520. The molecular weight excluding hydrogens is 480 g/mol. The molecule has 0 saturated carbocycles. The monoisotopic (exact) mass is 508 g/mol. The molecule has 36 heavy (non-hydrogen) atoms. The molecule has 0 unspecified atom stereocenters. The maximum Gasteiger partial charge on any atom is 0.267 e. The van der Waals surface area contributed by atoms with Crippen molar-refractivity contribution in [1.82, 2.24) is 14.3 Å². The number of sulfonamides is 1. The van der Waals surface area contributed by atoms with E-state index in [1.165, 1.54) is 17.7 Å². The van der Waals surface area contributed by atoms with Gasteiger partial charge in [-0.15, -0.1) is 0 Å². The number of para-hydroxylation sites is 1. The molecule has 2 aromatic carbocycles. The third-order valence-electron chi connectivity index (χ3n) is 5.91. The van der Waals surface area contributed by atoms with Gasteiger partial charge in [0.25, 0.3) is 5.56 Å². The molecule has 3 aromatic rings. The Morgan fingerprint density at radius 1 is 1.22 bits per heavy atom. The van der Waals surface area contributed by atoms with E-state index >= 15 is 0 Å². The molecule has 11 heteroatoms. The number of hydrogen-bond acceptors (Lipinski definition) is 7. The number of rotatable bonds is 7. The lowest BCUT2D eigenvalue weighted by atomic mass is 10.0. The number of anilines is 1. The highest BCUT2D eigenvalue weighted by Crippen LogP contribution is 2.23. The first-order valence-electron chi connectivity index (χ1n) is 11.3. The van der Waals surface area contributed by atoms with Gasteiger partial charge in [0.15, 0.2) is 0 Å². The summed E-state index contributed by atoms with van der Waals surface area (Å²) in [5.41, 5.74) is 13.5. The van der Waals surface area contributed by atoms with Crippen LogP contribution in [0, 0.1) is 0 Å². The van der Waals surface area contributed by atoms with Gasteiger partial charge in [-0.05, 0) is 54.3 Å². The highest BCUT2D eigenvalue weighted by molar-refractivity contribution is 7.94. The van der Waals surface area contributed by atoms with Gasteiger partial charge in [0.1, 0.15) is 10.7 Å². The lowest BCUT2D eigenvalue weighted by Gasteiger charge is -2.23. The number of amidine groups is 1. The average Bonchev–Trinajstić information content (AvgIpc) is 2.87. The Kier molecular flexibility index (Phi) is 7.34. The van der Waals surface area contributed by atoms with E-state index in [4.69, 9.17) is 16.2 Å². The van der Waals surface area contributed by atoms with Gasteiger partial charge >= 0.3 is 0 Å². The summed E-state index contributed by atoms with van der Waals surface area (Å²) in [6, 6.07) is 13.6. The molecule has 1 fully saturated rings. The standard InChI is InChI=1S/C25H28N6O4S/c1-16(14-22(23(26)28-2)36(33,34)30-18-10-12-35-13-11-18)17-8-9-21-20(15-17)24(32)31(25(27)29-21)19-6-4-3-5-7-19/h3-9,14-15,18,30H,1,10-13H2,2H3,(H2,26,28)(H2,27,29)/b22-14+. The molecule has 1 aliphatic rings. The Hall–Kier alpha value is -3.80. The topological polar surface area (TPSA) is 155 Å². The van der Waals surface area contributed by atoms with Gasteiger partial charge in [-0.1, -0.05) is 30.8 Å². The number of ether oxygens (including phenoxy) is 1.